The van der Waals surface area contributed by atoms with Gasteiger partial charge in [-0.05, 0) is 17.7 Å². The molecular formula is C12H17F2N3O. The number of ether oxygens (including phenoxy) is 1. The fourth-order valence-corrected chi connectivity index (χ4v) is 1.60. The second-order valence-corrected chi connectivity index (χ2v) is 3.68. The number of halogens is 2. The van der Waals surface area contributed by atoms with E-state index < -0.39 is 6.61 Å². The van der Waals surface area contributed by atoms with Gasteiger partial charge in [0, 0.05) is 27.7 Å². The van der Waals surface area contributed by atoms with Gasteiger partial charge in [-0.2, -0.15) is 8.78 Å². The molecule has 1 rings (SSSR count). The Labute approximate surface area is 105 Å². The number of nitrogens with zero attached hydrogens (tertiary/aromatic N) is 2. The highest BCUT2D eigenvalue weighted by Crippen LogP contribution is 2.15. The summed E-state index contributed by atoms with van der Waals surface area (Å²) in [6.45, 7) is -2.16. The first-order chi connectivity index (χ1) is 8.56. The summed E-state index contributed by atoms with van der Waals surface area (Å²) in [6, 6.07) is 6.54. The molecule has 0 aromatic heterocycles. The van der Waals surface area contributed by atoms with Crippen molar-refractivity contribution in [2.75, 3.05) is 21.1 Å². The zero-order valence-corrected chi connectivity index (χ0v) is 10.7. The Bertz CT molecular complexity index is 393. The zero-order chi connectivity index (χ0) is 13.5. The van der Waals surface area contributed by atoms with Crippen LogP contribution in [0.2, 0.25) is 0 Å². The maximum atomic E-state index is 12.0. The number of hydrogen-bond acceptors (Lipinski definition) is 2. The molecule has 0 saturated carbocycles. The van der Waals surface area contributed by atoms with Gasteiger partial charge in [-0.3, -0.25) is 4.99 Å². The first kappa shape index (κ1) is 14.2. The third-order valence-electron chi connectivity index (χ3n) is 2.37. The van der Waals surface area contributed by atoms with E-state index in [0.29, 0.717) is 6.54 Å². The highest BCUT2D eigenvalue weighted by Gasteiger charge is 2.06. The Hall–Kier alpha value is -1.85. The average Bonchev–Trinajstić information content (AvgIpc) is 2.32. The van der Waals surface area contributed by atoms with Crippen LogP contribution < -0.4 is 10.1 Å². The molecule has 1 N–H and O–H groups in total. The number of benzene rings is 1. The molecule has 0 radical (unpaired) electrons. The van der Waals surface area contributed by atoms with Crippen molar-refractivity contribution in [1.82, 2.24) is 10.2 Å². The van der Waals surface area contributed by atoms with Crippen molar-refractivity contribution in [1.29, 1.82) is 0 Å². The molecule has 0 spiro atoms. The maximum absolute atomic E-state index is 12.0. The monoisotopic (exact) mass is 257 g/mol. The second kappa shape index (κ2) is 6.78. The molecule has 4 nitrogen and oxygen atoms in total. The lowest BCUT2D eigenvalue weighted by Gasteiger charge is -2.20. The number of alkyl halides is 2. The number of rotatable bonds is 4. The van der Waals surface area contributed by atoms with E-state index in [1.54, 1.807) is 26.2 Å². The summed E-state index contributed by atoms with van der Waals surface area (Å²) < 4.78 is 28.2. The van der Waals surface area contributed by atoms with E-state index in [9.17, 15) is 8.78 Å². The van der Waals surface area contributed by atoms with Gasteiger partial charge in [0.15, 0.2) is 5.96 Å². The quantitative estimate of drug-likeness (QED) is 0.661. The van der Waals surface area contributed by atoms with Crippen molar-refractivity contribution in [3.05, 3.63) is 29.8 Å². The van der Waals surface area contributed by atoms with E-state index in [1.165, 1.54) is 12.1 Å². The predicted molar refractivity (Wildman–Crippen MR) is 67.0 cm³/mol. The van der Waals surface area contributed by atoms with Crippen LogP contribution in [0.3, 0.4) is 0 Å². The molecule has 100 valence electrons. The molecular weight excluding hydrogens is 240 g/mol. The van der Waals surface area contributed by atoms with Gasteiger partial charge in [0.1, 0.15) is 5.75 Å². The lowest BCUT2D eigenvalue weighted by atomic mass is 10.2. The number of nitrogens with one attached hydrogen (secondary N) is 1. The highest BCUT2D eigenvalue weighted by atomic mass is 19.3. The maximum Gasteiger partial charge on any atom is 0.387 e. The molecule has 0 amide bonds. The van der Waals surface area contributed by atoms with E-state index in [1.807, 2.05) is 11.9 Å². The minimum atomic E-state index is -2.79. The molecule has 0 aliphatic carbocycles. The van der Waals surface area contributed by atoms with Gasteiger partial charge in [0.25, 0.3) is 0 Å². The van der Waals surface area contributed by atoms with Crippen molar-refractivity contribution >= 4 is 5.96 Å². The molecule has 0 atom stereocenters. The summed E-state index contributed by atoms with van der Waals surface area (Å²) in [5.74, 6) is 0.914. The predicted octanol–water partition coefficient (Wildman–Crippen LogP) is 1.92. The summed E-state index contributed by atoms with van der Waals surface area (Å²) in [4.78, 5) is 5.99. The topological polar surface area (TPSA) is 36.9 Å². The number of hydrogen-bond donors (Lipinski definition) is 1. The van der Waals surface area contributed by atoms with Crippen LogP contribution >= 0.6 is 0 Å². The lowest BCUT2D eigenvalue weighted by Crippen LogP contribution is -2.36. The van der Waals surface area contributed by atoms with Crippen molar-refractivity contribution in [2.45, 2.75) is 13.2 Å². The summed E-state index contributed by atoms with van der Waals surface area (Å²) in [5, 5.41) is 2.96. The van der Waals surface area contributed by atoms with E-state index in [4.69, 9.17) is 0 Å². The Balaban J connectivity index is 2.63. The molecule has 0 aliphatic heterocycles. The van der Waals surface area contributed by atoms with Crippen molar-refractivity contribution in [3.63, 3.8) is 0 Å². The van der Waals surface area contributed by atoms with Crippen molar-refractivity contribution in [3.8, 4) is 5.75 Å². The van der Waals surface area contributed by atoms with Crippen molar-refractivity contribution in [2.24, 2.45) is 4.99 Å². The minimum Gasteiger partial charge on any atom is -0.435 e. The summed E-state index contributed by atoms with van der Waals surface area (Å²) in [7, 11) is 5.38. The van der Waals surface area contributed by atoms with Crippen LogP contribution in [0.1, 0.15) is 5.56 Å². The molecule has 0 bridgehead atoms. The van der Waals surface area contributed by atoms with E-state index >= 15 is 0 Å². The van der Waals surface area contributed by atoms with Gasteiger partial charge in [-0.15, -0.1) is 0 Å². The largest absolute Gasteiger partial charge is 0.435 e. The first-order valence-electron chi connectivity index (χ1n) is 5.46. The van der Waals surface area contributed by atoms with Gasteiger partial charge >= 0.3 is 6.61 Å². The normalized spacial score (nSPS) is 11.6. The third kappa shape index (κ3) is 4.20. The van der Waals surface area contributed by atoms with Crippen LogP contribution in [0.15, 0.2) is 29.3 Å². The molecule has 18 heavy (non-hydrogen) atoms. The fourth-order valence-electron chi connectivity index (χ4n) is 1.60. The summed E-state index contributed by atoms with van der Waals surface area (Å²) >= 11 is 0. The van der Waals surface area contributed by atoms with Crippen LogP contribution in [0.25, 0.3) is 0 Å². The Kier molecular flexibility index (Phi) is 5.35. The van der Waals surface area contributed by atoms with Crippen LogP contribution in [0.5, 0.6) is 5.75 Å². The average molecular weight is 257 g/mol. The third-order valence-corrected chi connectivity index (χ3v) is 2.37. The fraction of sp³-hybridized carbons (Fsp3) is 0.417. The van der Waals surface area contributed by atoms with Gasteiger partial charge in [-0.25, -0.2) is 0 Å². The summed E-state index contributed by atoms with van der Waals surface area (Å²) in [5.41, 5.74) is 0.982. The second-order valence-electron chi connectivity index (χ2n) is 3.68. The highest BCUT2D eigenvalue weighted by molar-refractivity contribution is 5.79. The number of aliphatic imine (C=N–C) groups is 1. The first-order valence-corrected chi connectivity index (χ1v) is 5.46. The SMILES string of the molecule is CN=C(NC)N(C)Cc1ccc(OC(F)F)cc1. The molecule has 0 unspecified atom stereocenters. The van der Waals surface area contributed by atoms with Crippen LogP contribution in [-0.4, -0.2) is 38.6 Å². The number of guanidine groups is 1. The molecule has 0 aliphatic rings. The van der Waals surface area contributed by atoms with E-state index in [-0.39, 0.29) is 5.75 Å². The van der Waals surface area contributed by atoms with Crippen LogP contribution in [0.4, 0.5) is 8.78 Å². The van der Waals surface area contributed by atoms with Crippen LogP contribution in [0, 0.1) is 0 Å². The minimum absolute atomic E-state index is 0.161. The lowest BCUT2D eigenvalue weighted by molar-refractivity contribution is -0.0498. The van der Waals surface area contributed by atoms with Gasteiger partial charge in [0.05, 0.1) is 0 Å². The molecule has 0 fully saturated rings. The van der Waals surface area contributed by atoms with Gasteiger partial charge in [0.2, 0.25) is 0 Å². The molecule has 1 aromatic rings. The Morgan fingerprint density at radius 3 is 2.44 bits per heavy atom. The molecule has 0 saturated heterocycles. The zero-order valence-electron chi connectivity index (χ0n) is 10.7. The van der Waals surface area contributed by atoms with Gasteiger partial charge < -0.3 is 15.0 Å². The standard InChI is InChI=1S/C12H17F2N3O/c1-15-12(16-2)17(3)8-9-4-6-10(7-5-9)18-11(13)14/h4-7,11H,8H2,1-3H3,(H,15,16). The smallest absolute Gasteiger partial charge is 0.387 e. The van der Waals surface area contributed by atoms with Crippen molar-refractivity contribution < 1.29 is 13.5 Å². The Morgan fingerprint density at radius 2 is 2.00 bits per heavy atom. The van der Waals surface area contributed by atoms with E-state index in [0.717, 1.165) is 11.5 Å². The van der Waals surface area contributed by atoms with Crippen LogP contribution in [-0.2, 0) is 6.54 Å². The van der Waals surface area contributed by atoms with E-state index in [2.05, 4.69) is 15.0 Å². The molecule has 1 aromatic carbocycles. The molecule has 0 heterocycles. The molecule has 6 heteroatoms. The Morgan fingerprint density at radius 1 is 1.39 bits per heavy atom. The van der Waals surface area contributed by atoms with Gasteiger partial charge in [-0.1, -0.05) is 12.1 Å². The summed E-state index contributed by atoms with van der Waals surface area (Å²) in [6.07, 6.45) is 0.